The lowest BCUT2D eigenvalue weighted by Crippen LogP contribution is -2.31. The van der Waals surface area contributed by atoms with Gasteiger partial charge in [0.25, 0.3) is 0 Å². The van der Waals surface area contributed by atoms with Crippen LogP contribution in [-0.2, 0) is 11.2 Å². The zero-order chi connectivity index (χ0) is 15.2. The number of phenols is 1. The molecule has 1 atom stereocenters. The highest BCUT2D eigenvalue weighted by molar-refractivity contribution is 6.30. The summed E-state index contributed by atoms with van der Waals surface area (Å²) in [7, 11) is 0. The van der Waals surface area contributed by atoms with Crippen molar-refractivity contribution in [2.75, 3.05) is 6.61 Å². The molecule has 0 saturated carbocycles. The number of halogens is 1. The molecule has 0 spiro atoms. The molecule has 0 heterocycles. The van der Waals surface area contributed by atoms with Crippen LogP contribution in [0.1, 0.15) is 17.2 Å². The fourth-order valence-corrected chi connectivity index (χ4v) is 2.15. The third kappa shape index (κ3) is 4.48. The average Bonchev–Trinajstić information content (AvgIpc) is 2.46. The monoisotopic (exact) mass is 305 g/mol. The summed E-state index contributed by atoms with van der Waals surface area (Å²) in [6.07, 6.45) is 0.137. The van der Waals surface area contributed by atoms with Gasteiger partial charge in [-0.25, -0.2) is 0 Å². The van der Waals surface area contributed by atoms with Crippen LogP contribution in [0.5, 0.6) is 5.75 Å². The molecule has 0 aromatic heterocycles. The molecule has 0 saturated heterocycles. The molecule has 1 unspecified atom stereocenters. The number of carbonyl (C=O) groups is 1. The van der Waals surface area contributed by atoms with Crippen molar-refractivity contribution < 1.29 is 15.0 Å². The Balaban J connectivity index is 2.01. The van der Waals surface area contributed by atoms with Crippen molar-refractivity contribution in [2.24, 2.45) is 0 Å². The molecule has 0 radical (unpaired) electrons. The molecule has 0 bridgehead atoms. The Hall–Kier alpha value is -2.04. The van der Waals surface area contributed by atoms with Gasteiger partial charge in [-0.1, -0.05) is 35.9 Å². The van der Waals surface area contributed by atoms with E-state index in [-0.39, 0.29) is 24.7 Å². The number of amides is 1. The first-order valence-corrected chi connectivity index (χ1v) is 6.90. The zero-order valence-electron chi connectivity index (χ0n) is 11.3. The summed E-state index contributed by atoms with van der Waals surface area (Å²) in [5.41, 5.74) is 1.49. The number of aliphatic hydroxyl groups is 1. The number of nitrogens with one attached hydrogen (secondary N) is 1. The molecule has 5 heteroatoms. The lowest BCUT2D eigenvalue weighted by molar-refractivity contribution is -0.121. The molecule has 0 fully saturated rings. The molecule has 2 aromatic carbocycles. The van der Waals surface area contributed by atoms with Crippen molar-refractivity contribution in [3.8, 4) is 5.75 Å². The normalized spacial score (nSPS) is 11.9. The number of hydrogen-bond acceptors (Lipinski definition) is 3. The summed E-state index contributed by atoms with van der Waals surface area (Å²) in [6.45, 7) is -0.201. The molecule has 110 valence electrons. The topological polar surface area (TPSA) is 69.6 Å². The van der Waals surface area contributed by atoms with Crippen molar-refractivity contribution in [3.63, 3.8) is 0 Å². The van der Waals surface area contributed by atoms with Gasteiger partial charge in [-0.2, -0.15) is 0 Å². The minimum absolute atomic E-state index is 0.122. The van der Waals surface area contributed by atoms with Gasteiger partial charge < -0.3 is 15.5 Å². The van der Waals surface area contributed by atoms with Gasteiger partial charge in [0.1, 0.15) is 5.75 Å². The van der Waals surface area contributed by atoms with Gasteiger partial charge in [0.2, 0.25) is 5.91 Å². The molecule has 4 nitrogen and oxygen atoms in total. The smallest absolute Gasteiger partial charge is 0.224 e. The van der Waals surface area contributed by atoms with E-state index in [1.54, 1.807) is 42.5 Å². The van der Waals surface area contributed by atoms with Gasteiger partial charge >= 0.3 is 0 Å². The Bertz CT molecular complexity index is 613. The molecule has 0 aliphatic carbocycles. The minimum atomic E-state index is -0.480. The maximum absolute atomic E-state index is 12.0. The molecular formula is C16H16ClNO3. The van der Waals surface area contributed by atoms with Crippen molar-refractivity contribution in [1.82, 2.24) is 5.32 Å². The van der Waals surface area contributed by atoms with Gasteiger partial charge in [0.05, 0.1) is 19.1 Å². The Labute approximate surface area is 128 Å². The molecule has 0 aliphatic rings. The lowest BCUT2D eigenvalue weighted by Gasteiger charge is -2.17. The van der Waals surface area contributed by atoms with Crippen LogP contribution in [0.2, 0.25) is 5.02 Å². The lowest BCUT2D eigenvalue weighted by atomic mass is 10.1. The predicted molar refractivity (Wildman–Crippen MR) is 81.2 cm³/mol. The number of benzene rings is 2. The van der Waals surface area contributed by atoms with Crippen molar-refractivity contribution in [3.05, 3.63) is 64.7 Å². The van der Waals surface area contributed by atoms with E-state index in [1.807, 2.05) is 0 Å². The average molecular weight is 306 g/mol. The van der Waals surface area contributed by atoms with E-state index in [4.69, 9.17) is 11.6 Å². The van der Waals surface area contributed by atoms with E-state index in [9.17, 15) is 15.0 Å². The zero-order valence-corrected chi connectivity index (χ0v) is 12.0. The number of aromatic hydroxyl groups is 1. The van der Waals surface area contributed by atoms with Crippen LogP contribution in [0.15, 0.2) is 48.5 Å². The number of carbonyl (C=O) groups excluding carboxylic acids is 1. The summed E-state index contributed by atoms with van der Waals surface area (Å²) in [5, 5.41) is 22.1. The van der Waals surface area contributed by atoms with E-state index in [1.165, 1.54) is 6.07 Å². The third-order valence-corrected chi connectivity index (χ3v) is 3.32. The summed E-state index contributed by atoms with van der Waals surface area (Å²) < 4.78 is 0. The Morgan fingerprint density at radius 1 is 1.19 bits per heavy atom. The van der Waals surface area contributed by atoms with E-state index < -0.39 is 6.04 Å². The summed E-state index contributed by atoms with van der Waals surface area (Å²) in [6, 6.07) is 13.0. The van der Waals surface area contributed by atoms with Gasteiger partial charge in [-0.15, -0.1) is 0 Å². The molecule has 21 heavy (non-hydrogen) atoms. The minimum Gasteiger partial charge on any atom is -0.508 e. The Morgan fingerprint density at radius 2 is 1.90 bits per heavy atom. The maximum atomic E-state index is 12.0. The summed E-state index contributed by atoms with van der Waals surface area (Å²) in [4.78, 5) is 12.0. The SMILES string of the molecule is O=C(Cc1cccc(O)c1)NC(CO)c1ccc(Cl)cc1. The van der Waals surface area contributed by atoms with E-state index >= 15 is 0 Å². The fraction of sp³-hybridized carbons (Fsp3) is 0.188. The third-order valence-electron chi connectivity index (χ3n) is 3.07. The highest BCUT2D eigenvalue weighted by atomic mass is 35.5. The summed E-state index contributed by atoms with van der Waals surface area (Å²) >= 11 is 5.81. The van der Waals surface area contributed by atoms with E-state index in [0.29, 0.717) is 10.6 Å². The first-order valence-electron chi connectivity index (χ1n) is 6.52. The van der Waals surface area contributed by atoms with Crippen LogP contribution in [0.4, 0.5) is 0 Å². The number of aliphatic hydroxyl groups excluding tert-OH is 1. The fourth-order valence-electron chi connectivity index (χ4n) is 2.03. The highest BCUT2D eigenvalue weighted by Gasteiger charge is 2.14. The molecule has 2 aromatic rings. The summed E-state index contributed by atoms with van der Waals surface area (Å²) in [5.74, 6) is -0.105. The van der Waals surface area contributed by atoms with Crippen molar-refractivity contribution >= 4 is 17.5 Å². The second-order valence-electron chi connectivity index (χ2n) is 4.70. The Kier molecular flexibility index (Phi) is 5.20. The van der Waals surface area contributed by atoms with Crippen molar-refractivity contribution in [2.45, 2.75) is 12.5 Å². The van der Waals surface area contributed by atoms with E-state index in [2.05, 4.69) is 5.32 Å². The first kappa shape index (κ1) is 15.4. The number of phenolic OH excluding ortho intramolecular Hbond substituents is 1. The van der Waals surface area contributed by atoms with Gasteiger partial charge in [0, 0.05) is 5.02 Å². The highest BCUT2D eigenvalue weighted by Crippen LogP contribution is 2.17. The number of hydrogen-bond donors (Lipinski definition) is 3. The second kappa shape index (κ2) is 7.11. The van der Waals surface area contributed by atoms with Gasteiger partial charge in [0.15, 0.2) is 0 Å². The molecule has 0 aliphatic heterocycles. The quantitative estimate of drug-likeness (QED) is 0.794. The van der Waals surface area contributed by atoms with Crippen LogP contribution < -0.4 is 5.32 Å². The largest absolute Gasteiger partial charge is 0.508 e. The number of rotatable bonds is 5. The van der Waals surface area contributed by atoms with E-state index in [0.717, 1.165) is 5.56 Å². The molecule has 3 N–H and O–H groups in total. The molecular weight excluding hydrogens is 290 g/mol. The molecule has 2 rings (SSSR count). The second-order valence-corrected chi connectivity index (χ2v) is 5.14. The van der Waals surface area contributed by atoms with Crippen LogP contribution in [-0.4, -0.2) is 22.7 Å². The predicted octanol–water partition coefficient (Wildman–Crippen LogP) is 2.44. The van der Waals surface area contributed by atoms with Crippen LogP contribution in [0.3, 0.4) is 0 Å². The standard InChI is InChI=1S/C16H16ClNO3/c17-13-6-4-12(5-7-13)15(10-19)18-16(21)9-11-2-1-3-14(20)8-11/h1-8,15,19-20H,9-10H2,(H,18,21). The maximum Gasteiger partial charge on any atom is 0.224 e. The first-order chi connectivity index (χ1) is 10.1. The Morgan fingerprint density at radius 3 is 2.52 bits per heavy atom. The van der Waals surface area contributed by atoms with Crippen molar-refractivity contribution in [1.29, 1.82) is 0 Å². The van der Waals surface area contributed by atoms with Crippen LogP contribution >= 0.6 is 11.6 Å². The van der Waals surface area contributed by atoms with Gasteiger partial charge in [-0.05, 0) is 35.4 Å². The van der Waals surface area contributed by atoms with Crippen LogP contribution in [0, 0.1) is 0 Å². The molecule has 1 amide bonds. The van der Waals surface area contributed by atoms with Crippen LogP contribution in [0.25, 0.3) is 0 Å². The van der Waals surface area contributed by atoms with Gasteiger partial charge in [-0.3, -0.25) is 4.79 Å².